The largest absolute Gasteiger partial charge is 0.416 e. The smallest absolute Gasteiger partial charge is 0.412 e. The fraction of sp³-hybridized carbons (Fsp3) is 0.909. The molecule has 1 saturated heterocycles. The van der Waals surface area contributed by atoms with Gasteiger partial charge >= 0.3 is 6.09 Å². The molecule has 0 saturated carbocycles. The van der Waals surface area contributed by atoms with Gasteiger partial charge in [0.15, 0.2) is 0 Å². The number of hydrogen-bond acceptors (Lipinski definition) is 7. The van der Waals surface area contributed by atoms with Crippen LogP contribution in [0.3, 0.4) is 0 Å². The summed E-state index contributed by atoms with van der Waals surface area (Å²) in [7, 11) is 0. The van der Waals surface area contributed by atoms with Crippen LogP contribution in [0, 0.1) is 0 Å². The van der Waals surface area contributed by atoms with Crippen molar-refractivity contribution >= 4 is 18.7 Å². The molecule has 3 N–H and O–H groups in total. The van der Waals surface area contributed by atoms with Gasteiger partial charge in [-0.2, -0.15) is 12.6 Å². The van der Waals surface area contributed by atoms with Crippen LogP contribution in [0.5, 0.6) is 0 Å². The molecule has 1 amide bonds. The highest BCUT2D eigenvalue weighted by Crippen LogP contribution is 2.23. The summed E-state index contributed by atoms with van der Waals surface area (Å²) in [6.07, 6.45) is -6.97. The SMILES string of the molecule is CCN(CC)C(=O)O[C@@H]1O[C@H](CS)[C@@H](O)[C@H](O)[C@H]1O. The lowest BCUT2D eigenvalue weighted by Gasteiger charge is -2.39. The van der Waals surface area contributed by atoms with Gasteiger partial charge in [0.05, 0.1) is 6.10 Å². The van der Waals surface area contributed by atoms with Crippen molar-refractivity contribution in [3.8, 4) is 0 Å². The average molecular weight is 295 g/mol. The number of ether oxygens (including phenoxy) is 2. The van der Waals surface area contributed by atoms with Crippen molar-refractivity contribution in [2.75, 3.05) is 18.8 Å². The van der Waals surface area contributed by atoms with Gasteiger partial charge in [-0.15, -0.1) is 0 Å². The molecule has 0 spiro atoms. The van der Waals surface area contributed by atoms with Gasteiger partial charge in [-0.25, -0.2) is 4.79 Å². The normalized spacial score (nSPS) is 34.9. The van der Waals surface area contributed by atoms with E-state index in [1.807, 2.05) is 0 Å². The van der Waals surface area contributed by atoms with E-state index in [9.17, 15) is 20.1 Å². The second-order valence-corrected chi connectivity index (χ2v) is 4.62. The van der Waals surface area contributed by atoms with Crippen molar-refractivity contribution in [3.05, 3.63) is 0 Å². The molecule has 112 valence electrons. The van der Waals surface area contributed by atoms with Crippen LogP contribution in [-0.2, 0) is 9.47 Å². The summed E-state index contributed by atoms with van der Waals surface area (Å²) < 4.78 is 10.2. The Labute approximate surface area is 117 Å². The predicted molar refractivity (Wildman–Crippen MR) is 69.9 cm³/mol. The van der Waals surface area contributed by atoms with Crippen molar-refractivity contribution in [2.24, 2.45) is 0 Å². The molecule has 1 aliphatic rings. The second-order valence-electron chi connectivity index (χ2n) is 4.25. The van der Waals surface area contributed by atoms with Crippen LogP contribution in [0.1, 0.15) is 13.8 Å². The lowest BCUT2D eigenvalue weighted by molar-refractivity contribution is -0.276. The Morgan fingerprint density at radius 3 is 2.26 bits per heavy atom. The molecule has 0 aromatic rings. The van der Waals surface area contributed by atoms with Crippen LogP contribution in [0.15, 0.2) is 0 Å². The summed E-state index contributed by atoms with van der Waals surface area (Å²) in [5.74, 6) is 0.129. The zero-order valence-electron chi connectivity index (χ0n) is 11.0. The number of rotatable bonds is 4. The number of thiol groups is 1. The summed E-state index contributed by atoms with van der Waals surface area (Å²) >= 11 is 3.97. The van der Waals surface area contributed by atoms with Gasteiger partial charge in [-0.1, -0.05) is 0 Å². The van der Waals surface area contributed by atoms with Crippen LogP contribution in [-0.4, -0.2) is 75.9 Å². The molecule has 0 bridgehead atoms. The molecule has 1 aliphatic heterocycles. The maximum absolute atomic E-state index is 11.8. The molecule has 0 aromatic heterocycles. The lowest BCUT2D eigenvalue weighted by Crippen LogP contribution is -2.59. The van der Waals surface area contributed by atoms with Crippen LogP contribution in [0.2, 0.25) is 0 Å². The maximum Gasteiger partial charge on any atom is 0.412 e. The molecule has 8 heteroatoms. The third kappa shape index (κ3) is 3.73. The van der Waals surface area contributed by atoms with Crippen LogP contribution in [0.25, 0.3) is 0 Å². The van der Waals surface area contributed by atoms with Gasteiger partial charge in [0.1, 0.15) is 18.3 Å². The lowest BCUT2D eigenvalue weighted by atomic mass is 10.00. The first-order chi connectivity index (χ1) is 8.96. The summed E-state index contributed by atoms with van der Waals surface area (Å²) in [5.41, 5.74) is 0. The first kappa shape index (κ1) is 16.5. The first-order valence-corrected chi connectivity index (χ1v) is 6.85. The molecule has 1 heterocycles. The zero-order valence-corrected chi connectivity index (χ0v) is 11.9. The monoisotopic (exact) mass is 295 g/mol. The van der Waals surface area contributed by atoms with Crippen molar-refractivity contribution in [3.63, 3.8) is 0 Å². The Hall–Kier alpha value is -0.540. The Morgan fingerprint density at radius 2 is 1.79 bits per heavy atom. The minimum Gasteiger partial charge on any atom is -0.416 e. The molecule has 1 fully saturated rings. The number of aliphatic hydroxyl groups excluding tert-OH is 3. The Balaban J connectivity index is 2.69. The zero-order chi connectivity index (χ0) is 14.6. The van der Waals surface area contributed by atoms with E-state index in [1.165, 1.54) is 4.90 Å². The maximum atomic E-state index is 11.8. The summed E-state index contributed by atoms with van der Waals surface area (Å²) in [6.45, 7) is 4.49. The van der Waals surface area contributed by atoms with E-state index in [4.69, 9.17) is 9.47 Å². The topological polar surface area (TPSA) is 99.5 Å². The van der Waals surface area contributed by atoms with Crippen molar-refractivity contribution < 1.29 is 29.6 Å². The van der Waals surface area contributed by atoms with E-state index in [0.717, 1.165) is 0 Å². The number of hydrogen-bond donors (Lipinski definition) is 4. The molecular weight excluding hydrogens is 274 g/mol. The predicted octanol–water partition coefficient (Wildman–Crippen LogP) is -0.798. The molecule has 1 rings (SSSR count). The second kappa shape index (κ2) is 7.30. The molecule has 19 heavy (non-hydrogen) atoms. The number of aliphatic hydroxyl groups is 3. The summed E-state index contributed by atoms with van der Waals surface area (Å²) in [5, 5.41) is 29.0. The van der Waals surface area contributed by atoms with Crippen LogP contribution >= 0.6 is 12.6 Å². The van der Waals surface area contributed by atoms with E-state index in [0.29, 0.717) is 13.1 Å². The number of nitrogens with zero attached hydrogens (tertiary/aromatic N) is 1. The number of carbonyl (C=O) groups is 1. The molecule has 0 aliphatic carbocycles. The first-order valence-electron chi connectivity index (χ1n) is 6.22. The fourth-order valence-corrected chi connectivity index (χ4v) is 2.12. The minimum absolute atomic E-state index is 0.129. The van der Waals surface area contributed by atoms with E-state index in [1.54, 1.807) is 13.8 Å². The third-order valence-corrected chi connectivity index (χ3v) is 3.45. The summed E-state index contributed by atoms with van der Waals surface area (Å²) in [4.78, 5) is 13.2. The van der Waals surface area contributed by atoms with Gasteiger partial charge in [0.25, 0.3) is 0 Å². The Kier molecular flexibility index (Phi) is 6.34. The Bertz CT molecular complexity index is 299. The molecule has 7 nitrogen and oxygen atoms in total. The van der Waals surface area contributed by atoms with E-state index in [2.05, 4.69) is 12.6 Å². The molecule has 0 radical (unpaired) electrons. The fourth-order valence-electron chi connectivity index (χ4n) is 1.82. The molecule has 0 unspecified atom stereocenters. The van der Waals surface area contributed by atoms with E-state index in [-0.39, 0.29) is 5.75 Å². The minimum atomic E-state index is -1.49. The highest BCUT2D eigenvalue weighted by molar-refractivity contribution is 7.80. The highest BCUT2D eigenvalue weighted by Gasteiger charge is 2.45. The third-order valence-electron chi connectivity index (χ3n) is 3.09. The van der Waals surface area contributed by atoms with Crippen molar-refractivity contribution in [2.45, 2.75) is 44.6 Å². The van der Waals surface area contributed by atoms with Crippen LogP contribution in [0.4, 0.5) is 4.79 Å². The molecule has 5 atom stereocenters. The number of carbonyl (C=O) groups excluding carboxylic acids is 1. The number of amides is 1. The molecule has 0 aromatic carbocycles. The van der Waals surface area contributed by atoms with Gasteiger partial charge < -0.3 is 29.7 Å². The summed E-state index contributed by atoms with van der Waals surface area (Å²) in [6, 6.07) is 0. The van der Waals surface area contributed by atoms with Gasteiger partial charge in [0.2, 0.25) is 6.29 Å². The standard InChI is InChI=1S/C11H21NO6S/c1-3-12(4-2)11(16)18-10-9(15)8(14)7(13)6(5-19)17-10/h6-10,13-15,19H,3-5H2,1-2H3/t6-,7-,8+,9-,10+/m1/s1. The van der Waals surface area contributed by atoms with Gasteiger partial charge in [-0.05, 0) is 13.8 Å². The quantitative estimate of drug-likeness (QED) is 0.507. The van der Waals surface area contributed by atoms with E-state index < -0.39 is 36.8 Å². The van der Waals surface area contributed by atoms with E-state index >= 15 is 0 Å². The Morgan fingerprint density at radius 1 is 1.21 bits per heavy atom. The van der Waals surface area contributed by atoms with Crippen molar-refractivity contribution in [1.29, 1.82) is 0 Å². The average Bonchev–Trinajstić information content (AvgIpc) is 2.40. The van der Waals surface area contributed by atoms with Crippen molar-refractivity contribution in [1.82, 2.24) is 4.90 Å². The van der Waals surface area contributed by atoms with Crippen LogP contribution < -0.4 is 0 Å². The van der Waals surface area contributed by atoms with Gasteiger partial charge in [0, 0.05) is 18.8 Å². The highest BCUT2D eigenvalue weighted by atomic mass is 32.1. The van der Waals surface area contributed by atoms with Gasteiger partial charge in [-0.3, -0.25) is 0 Å². The molecular formula is C11H21NO6S.